The summed E-state index contributed by atoms with van der Waals surface area (Å²) in [5.74, 6) is 1.44. The Labute approximate surface area is 429 Å². The van der Waals surface area contributed by atoms with Gasteiger partial charge in [-0.1, -0.05) is 143 Å². The second-order valence-electron chi connectivity index (χ2n) is 16.5. The predicted molar refractivity (Wildman–Crippen MR) is 285 cm³/mol. The van der Waals surface area contributed by atoms with Crippen molar-refractivity contribution in [2.75, 3.05) is 24.7 Å². The van der Waals surface area contributed by atoms with E-state index in [0.29, 0.717) is 56.8 Å². The van der Waals surface area contributed by atoms with Crippen LogP contribution in [0.5, 0.6) is 0 Å². The van der Waals surface area contributed by atoms with Gasteiger partial charge in [-0.2, -0.15) is 0 Å². The number of anilines is 2. The molecular formula is C52H60N8O8P2S2. The zero-order chi connectivity index (χ0) is 51.4. The van der Waals surface area contributed by atoms with Crippen LogP contribution in [0.2, 0.25) is 0 Å². The number of amides is 2. The Morgan fingerprint density at radius 2 is 0.875 bits per heavy atom. The van der Waals surface area contributed by atoms with E-state index in [2.05, 4.69) is 19.9 Å². The fourth-order valence-electron chi connectivity index (χ4n) is 7.01. The Morgan fingerprint density at radius 3 is 1.19 bits per heavy atom. The average molecular weight is 1050 g/mol. The normalized spacial score (nSPS) is 13.8. The van der Waals surface area contributed by atoms with Gasteiger partial charge >= 0.3 is 15.2 Å². The van der Waals surface area contributed by atoms with Crippen molar-refractivity contribution >= 4 is 61.2 Å². The predicted octanol–water partition coefficient (Wildman–Crippen LogP) is 11.5. The SMILES string of the molecule is C/C(=C(\CCOP(=O)(Cc1ccccc1)OCc1ccccc1)SS/C(CCOP(=O)(Cc1ccccc1)OCc1ccccc1)=C(/C)N(C=O)Cc1cnc(C)nc1N)N(C=O)Cc1cnc(C)nc1N. The van der Waals surface area contributed by atoms with Gasteiger partial charge in [-0.25, -0.2) is 19.9 Å². The highest BCUT2D eigenvalue weighted by molar-refractivity contribution is 8.79. The van der Waals surface area contributed by atoms with E-state index in [1.165, 1.54) is 31.4 Å². The molecule has 0 saturated carbocycles. The van der Waals surface area contributed by atoms with Crippen LogP contribution < -0.4 is 11.5 Å². The molecule has 6 rings (SSSR count). The number of carbonyl (C=O) groups excluding carboxylic acids is 2. The lowest BCUT2D eigenvalue weighted by Gasteiger charge is -2.25. The summed E-state index contributed by atoms with van der Waals surface area (Å²) in [4.78, 5) is 47.4. The Bertz CT molecular complexity index is 2680. The minimum Gasteiger partial charge on any atom is -0.383 e. The molecule has 16 nitrogen and oxygen atoms in total. The topological polar surface area (TPSA) is 215 Å². The molecule has 0 bridgehead atoms. The van der Waals surface area contributed by atoms with E-state index >= 15 is 0 Å². The van der Waals surface area contributed by atoms with Gasteiger partial charge in [0.05, 0.1) is 51.8 Å². The lowest BCUT2D eigenvalue weighted by atomic mass is 10.2. The molecule has 378 valence electrons. The number of allylic oxidation sites excluding steroid dienone is 2. The third kappa shape index (κ3) is 17.4. The molecule has 0 radical (unpaired) electrons. The Kier molecular flexibility index (Phi) is 21.4. The highest BCUT2D eigenvalue weighted by Gasteiger charge is 2.28. The molecule has 2 unspecified atom stereocenters. The first kappa shape index (κ1) is 55.4. The second kappa shape index (κ2) is 27.8. The molecule has 2 atom stereocenters. The minimum atomic E-state index is -3.77. The van der Waals surface area contributed by atoms with E-state index in [0.717, 1.165) is 22.3 Å². The first-order valence-corrected chi connectivity index (χ1v) is 28.6. The van der Waals surface area contributed by atoms with Crippen LogP contribution >= 0.6 is 36.8 Å². The molecule has 4 N–H and O–H groups in total. The van der Waals surface area contributed by atoms with Crippen LogP contribution in [0.15, 0.2) is 155 Å². The molecule has 2 amide bonds. The lowest BCUT2D eigenvalue weighted by Crippen LogP contribution is -2.22. The van der Waals surface area contributed by atoms with Gasteiger partial charge in [0.2, 0.25) is 12.8 Å². The van der Waals surface area contributed by atoms with Crippen LogP contribution in [-0.4, -0.2) is 55.8 Å². The number of hydrogen-bond acceptors (Lipinski definition) is 16. The van der Waals surface area contributed by atoms with Gasteiger partial charge in [0, 0.05) is 57.6 Å². The summed E-state index contributed by atoms with van der Waals surface area (Å²) in [6.07, 6.45) is 4.97. The van der Waals surface area contributed by atoms with Gasteiger partial charge in [-0.3, -0.25) is 18.7 Å². The Balaban J connectivity index is 1.32. The van der Waals surface area contributed by atoms with Crippen molar-refractivity contribution in [1.82, 2.24) is 29.7 Å². The van der Waals surface area contributed by atoms with Crippen LogP contribution in [0.25, 0.3) is 0 Å². The molecule has 2 heterocycles. The monoisotopic (exact) mass is 1050 g/mol. The molecule has 6 aromatic rings. The van der Waals surface area contributed by atoms with Crippen molar-refractivity contribution in [3.05, 3.63) is 200 Å². The zero-order valence-electron chi connectivity index (χ0n) is 40.7. The molecule has 2 aromatic heterocycles. The number of benzene rings is 4. The van der Waals surface area contributed by atoms with Crippen molar-refractivity contribution in [1.29, 1.82) is 0 Å². The summed E-state index contributed by atoms with van der Waals surface area (Å²) in [5.41, 5.74) is 18.0. The van der Waals surface area contributed by atoms with Gasteiger partial charge in [0.25, 0.3) is 0 Å². The van der Waals surface area contributed by atoms with Crippen molar-refractivity contribution in [3.8, 4) is 0 Å². The Hall–Kier alpha value is -5.94. The van der Waals surface area contributed by atoms with E-state index in [1.807, 2.05) is 121 Å². The summed E-state index contributed by atoms with van der Waals surface area (Å²) >= 11 is 0. The fourth-order valence-corrected chi connectivity index (χ4v) is 13.1. The molecule has 0 fully saturated rings. The third-order valence-corrected chi connectivity index (χ3v) is 17.7. The molecule has 0 aliphatic rings. The van der Waals surface area contributed by atoms with Crippen LogP contribution in [-0.2, 0) is 75.4 Å². The molecule has 0 aliphatic carbocycles. The number of carbonyl (C=O) groups is 2. The highest BCUT2D eigenvalue weighted by atomic mass is 33.1. The number of nitrogens with two attached hydrogens (primary N) is 2. The summed E-state index contributed by atoms with van der Waals surface area (Å²) in [5, 5.41) is 0. The maximum atomic E-state index is 14.6. The largest absolute Gasteiger partial charge is 0.383 e. The summed E-state index contributed by atoms with van der Waals surface area (Å²) < 4.78 is 54.0. The van der Waals surface area contributed by atoms with Gasteiger partial charge in [0.15, 0.2) is 0 Å². The van der Waals surface area contributed by atoms with Crippen LogP contribution in [0.4, 0.5) is 11.6 Å². The van der Waals surface area contributed by atoms with Crippen molar-refractivity contribution in [2.45, 2.75) is 79.2 Å². The number of nitrogens with zero attached hydrogens (tertiary/aromatic N) is 6. The lowest BCUT2D eigenvalue weighted by molar-refractivity contribution is -0.117. The molecular weight excluding hydrogens is 991 g/mol. The second-order valence-corrected chi connectivity index (χ2v) is 22.9. The fraction of sp³-hybridized carbons (Fsp3) is 0.269. The van der Waals surface area contributed by atoms with E-state index < -0.39 is 15.2 Å². The minimum absolute atomic E-state index is 0.0289. The molecule has 0 aliphatic heterocycles. The van der Waals surface area contributed by atoms with Crippen LogP contribution in [0.1, 0.15) is 71.7 Å². The van der Waals surface area contributed by atoms with Crippen LogP contribution in [0, 0.1) is 13.8 Å². The molecule has 0 saturated heterocycles. The molecule has 0 spiro atoms. The maximum absolute atomic E-state index is 14.6. The standard InChI is InChI=1S/C52H60N8O8P2S2/c1-39(59(37-61)31-47-29-55-41(3)57-51(47)53)49(25-27-65-69(63,35-45-21-13-7-14-22-45)67-33-43-17-9-5-10-18-43)71-72-50(40(2)60(38-62)32-48-30-56-42(4)58-52(48)54)26-28-66-70(64,36-46-23-15-8-16-24-46)68-34-44-19-11-6-12-20-44/h5-24,29-30,37-38H,25-28,31-36H2,1-4H3,(H2,53,55,57)(H2,54,56,58)/b49-39-,50-40-. The number of aromatic nitrogens is 4. The summed E-state index contributed by atoms with van der Waals surface area (Å²) in [7, 11) is -4.90. The number of rotatable bonds is 29. The Morgan fingerprint density at radius 1 is 0.542 bits per heavy atom. The zero-order valence-corrected chi connectivity index (χ0v) is 44.2. The van der Waals surface area contributed by atoms with Gasteiger partial charge in [-0.05, 0) is 49.9 Å². The summed E-state index contributed by atoms with van der Waals surface area (Å²) in [6.45, 7) is 7.15. The van der Waals surface area contributed by atoms with Crippen LogP contribution in [0.3, 0.4) is 0 Å². The van der Waals surface area contributed by atoms with E-state index in [-0.39, 0.29) is 76.3 Å². The number of aryl methyl sites for hydroxylation is 2. The summed E-state index contributed by atoms with van der Waals surface area (Å²) in [6, 6.07) is 37.5. The van der Waals surface area contributed by atoms with Crippen molar-refractivity contribution < 1.29 is 36.8 Å². The van der Waals surface area contributed by atoms with E-state index in [4.69, 9.17) is 29.6 Å². The molecule has 20 heteroatoms. The quantitative estimate of drug-likeness (QED) is 0.0254. The smallest absolute Gasteiger partial charge is 0.335 e. The van der Waals surface area contributed by atoms with Gasteiger partial charge < -0.3 is 39.4 Å². The van der Waals surface area contributed by atoms with E-state index in [1.54, 1.807) is 40.1 Å². The first-order chi connectivity index (χ1) is 34.7. The third-order valence-electron chi connectivity index (χ3n) is 11.1. The van der Waals surface area contributed by atoms with Gasteiger partial charge in [-0.15, -0.1) is 0 Å². The van der Waals surface area contributed by atoms with E-state index in [9.17, 15) is 18.7 Å². The highest BCUT2D eigenvalue weighted by Crippen LogP contribution is 2.54. The number of nitrogen functional groups attached to an aromatic ring is 2. The first-order valence-electron chi connectivity index (χ1n) is 23.0. The number of hydrogen-bond donors (Lipinski definition) is 2. The van der Waals surface area contributed by atoms with Gasteiger partial charge in [0.1, 0.15) is 23.3 Å². The maximum Gasteiger partial charge on any atom is 0.335 e. The average Bonchev–Trinajstić information content (AvgIpc) is 3.38. The molecule has 72 heavy (non-hydrogen) atoms. The molecule has 4 aromatic carbocycles. The van der Waals surface area contributed by atoms with Crippen molar-refractivity contribution in [3.63, 3.8) is 0 Å². The van der Waals surface area contributed by atoms with Crippen molar-refractivity contribution in [2.24, 2.45) is 0 Å².